The van der Waals surface area contributed by atoms with E-state index in [1.54, 1.807) is 21.3 Å². The molecule has 0 radical (unpaired) electrons. The third-order valence-corrected chi connectivity index (χ3v) is 4.96. The van der Waals surface area contributed by atoms with Gasteiger partial charge >= 0.3 is 0 Å². The molecule has 0 aliphatic carbocycles. The summed E-state index contributed by atoms with van der Waals surface area (Å²) in [5.41, 5.74) is 3.98. The summed E-state index contributed by atoms with van der Waals surface area (Å²) >= 11 is 0. The molecule has 0 saturated heterocycles. The van der Waals surface area contributed by atoms with Crippen molar-refractivity contribution in [3.8, 4) is 0 Å². The SMILES string of the molecule is Cc1cc2n(Cc3cc(=O)n4cccc(C)c4n3)c(=O)c3ccccc3n2n1. The molecule has 7 heteroatoms. The standard InChI is InChI=1S/C21H17N5O2/c1-13-6-5-9-24-19(27)11-15(22-20(13)24)12-25-18-10-14(2)23-26(18)17-8-4-3-7-16(17)21(25)28/h3-11H,12H2,1-2H3. The lowest BCUT2D eigenvalue weighted by molar-refractivity contribution is 0.744. The lowest BCUT2D eigenvalue weighted by Gasteiger charge is -2.11. The zero-order valence-electron chi connectivity index (χ0n) is 15.5. The van der Waals surface area contributed by atoms with Crippen molar-refractivity contribution in [2.45, 2.75) is 20.4 Å². The van der Waals surface area contributed by atoms with Crippen LogP contribution in [0.4, 0.5) is 0 Å². The van der Waals surface area contributed by atoms with E-state index in [-0.39, 0.29) is 17.7 Å². The Kier molecular flexibility index (Phi) is 3.45. The number of hydrogen-bond donors (Lipinski definition) is 0. The van der Waals surface area contributed by atoms with Crippen molar-refractivity contribution in [1.29, 1.82) is 0 Å². The van der Waals surface area contributed by atoms with Crippen LogP contribution in [0.1, 0.15) is 17.0 Å². The normalized spacial score (nSPS) is 11.6. The second kappa shape index (κ2) is 5.88. The minimum Gasteiger partial charge on any atom is -0.286 e. The van der Waals surface area contributed by atoms with Crippen molar-refractivity contribution in [3.63, 3.8) is 0 Å². The number of pyridine rings is 1. The van der Waals surface area contributed by atoms with E-state index < -0.39 is 0 Å². The summed E-state index contributed by atoms with van der Waals surface area (Å²) in [5.74, 6) is 0. The third-order valence-electron chi connectivity index (χ3n) is 4.96. The van der Waals surface area contributed by atoms with Gasteiger partial charge in [-0.15, -0.1) is 0 Å². The maximum Gasteiger partial charge on any atom is 0.262 e. The number of nitrogens with zero attached hydrogens (tertiary/aromatic N) is 5. The molecule has 0 amide bonds. The molecule has 0 saturated carbocycles. The number of para-hydroxylation sites is 1. The van der Waals surface area contributed by atoms with Crippen molar-refractivity contribution >= 4 is 22.2 Å². The van der Waals surface area contributed by atoms with Crippen LogP contribution in [0.25, 0.3) is 22.2 Å². The van der Waals surface area contributed by atoms with E-state index >= 15 is 0 Å². The first kappa shape index (κ1) is 16.4. The Morgan fingerprint density at radius 1 is 1.00 bits per heavy atom. The highest BCUT2D eigenvalue weighted by Crippen LogP contribution is 2.15. The van der Waals surface area contributed by atoms with Crippen LogP contribution in [0.15, 0.2) is 64.3 Å². The average Bonchev–Trinajstić information content (AvgIpc) is 3.08. The predicted molar refractivity (Wildman–Crippen MR) is 107 cm³/mol. The second-order valence-electron chi connectivity index (χ2n) is 6.93. The first-order chi connectivity index (χ1) is 13.5. The summed E-state index contributed by atoms with van der Waals surface area (Å²) in [5, 5.41) is 5.11. The van der Waals surface area contributed by atoms with Crippen LogP contribution in [0, 0.1) is 13.8 Å². The highest BCUT2D eigenvalue weighted by atomic mass is 16.1. The molecule has 0 bridgehead atoms. The zero-order valence-corrected chi connectivity index (χ0v) is 15.5. The quantitative estimate of drug-likeness (QED) is 0.477. The van der Waals surface area contributed by atoms with Crippen LogP contribution < -0.4 is 11.1 Å². The number of benzene rings is 1. The maximum atomic E-state index is 13.2. The summed E-state index contributed by atoms with van der Waals surface area (Å²) in [6.45, 7) is 3.99. The molecule has 0 fully saturated rings. The molecule has 0 aliphatic heterocycles. The van der Waals surface area contributed by atoms with Gasteiger partial charge in [-0.3, -0.25) is 18.6 Å². The zero-order chi connectivity index (χ0) is 19.4. The van der Waals surface area contributed by atoms with E-state index in [4.69, 9.17) is 0 Å². The number of aromatic nitrogens is 5. The molecule has 7 nitrogen and oxygen atoms in total. The molecular weight excluding hydrogens is 354 g/mol. The van der Waals surface area contributed by atoms with Crippen molar-refractivity contribution in [2.24, 2.45) is 0 Å². The van der Waals surface area contributed by atoms with Gasteiger partial charge in [-0.25, -0.2) is 9.50 Å². The molecule has 4 heterocycles. The molecule has 0 unspecified atom stereocenters. The Morgan fingerprint density at radius 3 is 2.68 bits per heavy atom. The highest BCUT2D eigenvalue weighted by Gasteiger charge is 2.14. The Bertz CT molecular complexity index is 1510. The summed E-state index contributed by atoms with van der Waals surface area (Å²) < 4.78 is 4.91. The van der Waals surface area contributed by atoms with Crippen molar-refractivity contribution < 1.29 is 0 Å². The van der Waals surface area contributed by atoms with Gasteiger partial charge in [0.2, 0.25) is 0 Å². The molecular formula is C21H17N5O2. The molecule has 28 heavy (non-hydrogen) atoms. The third kappa shape index (κ3) is 2.36. The van der Waals surface area contributed by atoms with Crippen molar-refractivity contribution in [1.82, 2.24) is 23.6 Å². The molecule has 0 N–H and O–H groups in total. The minimum absolute atomic E-state index is 0.130. The van der Waals surface area contributed by atoms with E-state index in [0.29, 0.717) is 22.4 Å². The molecule has 1 aromatic carbocycles. The van der Waals surface area contributed by atoms with Gasteiger partial charge in [0.1, 0.15) is 11.3 Å². The van der Waals surface area contributed by atoms with E-state index in [1.165, 1.54) is 10.5 Å². The summed E-state index contributed by atoms with van der Waals surface area (Å²) in [6.07, 6.45) is 1.70. The second-order valence-corrected chi connectivity index (χ2v) is 6.93. The summed E-state index contributed by atoms with van der Waals surface area (Å²) in [6, 6.07) is 14.5. The average molecular weight is 371 g/mol. The van der Waals surface area contributed by atoms with E-state index in [2.05, 4.69) is 10.1 Å². The van der Waals surface area contributed by atoms with Gasteiger partial charge in [-0.1, -0.05) is 18.2 Å². The predicted octanol–water partition coefficient (Wildman–Crippen LogP) is 2.32. The Labute approximate surface area is 159 Å². The van der Waals surface area contributed by atoms with E-state index in [1.807, 2.05) is 50.2 Å². The van der Waals surface area contributed by atoms with Crippen LogP contribution in [0.3, 0.4) is 0 Å². The maximum absolute atomic E-state index is 13.2. The lowest BCUT2D eigenvalue weighted by atomic mass is 10.2. The molecule has 0 atom stereocenters. The van der Waals surface area contributed by atoms with Gasteiger partial charge in [0.25, 0.3) is 11.1 Å². The summed E-state index contributed by atoms with van der Waals surface area (Å²) in [4.78, 5) is 30.3. The number of rotatable bonds is 2. The van der Waals surface area contributed by atoms with Gasteiger partial charge in [0, 0.05) is 18.3 Å². The van der Waals surface area contributed by atoms with E-state index in [9.17, 15) is 9.59 Å². The topological polar surface area (TPSA) is 73.7 Å². The molecule has 5 rings (SSSR count). The number of hydrogen-bond acceptors (Lipinski definition) is 4. The fraction of sp³-hybridized carbons (Fsp3) is 0.143. The Hall–Kier alpha value is -3.74. The molecule has 138 valence electrons. The van der Waals surface area contributed by atoms with Crippen LogP contribution in [-0.2, 0) is 6.54 Å². The van der Waals surface area contributed by atoms with E-state index in [0.717, 1.165) is 16.8 Å². The Balaban J connectivity index is 1.79. The fourth-order valence-electron chi connectivity index (χ4n) is 3.65. The molecule has 0 spiro atoms. The van der Waals surface area contributed by atoms with Crippen LogP contribution in [-0.4, -0.2) is 23.6 Å². The number of aryl methyl sites for hydroxylation is 2. The van der Waals surface area contributed by atoms with Crippen LogP contribution >= 0.6 is 0 Å². The Morgan fingerprint density at radius 2 is 1.82 bits per heavy atom. The van der Waals surface area contributed by atoms with Gasteiger partial charge < -0.3 is 0 Å². The smallest absolute Gasteiger partial charge is 0.262 e. The van der Waals surface area contributed by atoms with Crippen molar-refractivity contribution in [3.05, 3.63) is 92.4 Å². The first-order valence-electron chi connectivity index (χ1n) is 8.99. The largest absolute Gasteiger partial charge is 0.286 e. The monoisotopic (exact) mass is 371 g/mol. The molecule has 0 aliphatic rings. The summed E-state index contributed by atoms with van der Waals surface area (Å²) in [7, 11) is 0. The van der Waals surface area contributed by atoms with Crippen LogP contribution in [0.2, 0.25) is 0 Å². The van der Waals surface area contributed by atoms with Crippen LogP contribution in [0.5, 0.6) is 0 Å². The van der Waals surface area contributed by atoms with Gasteiger partial charge in [0.15, 0.2) is 0 Å². The highest BCUT2D eigenvalue weighted by molar-refractivity contribution is 5.80. The fourth-order valence-corrected chi connectivity index (χ4v) is 3.65. The number of fused-ring (bicyclic) bond motifs is 4. The first-order valence-corrected chi connectivity index (χ1v) is 8.99. The molecule has 4 aromatic heterocycles. The van der Waals surface area contributed by atoms with Gasteiger partial charge in [-0.05, 0) is 37.6 Å². The minimum atomic E-state index is -0.168. The van der Waals surface area contributed by atoms with Crippen molar-refractivity contribution in [2.75, 3.05) is 0 Å². The van der Waals surface area contributed by atoms with Gasteiger partial charge in [0.05, 0.1) is 28.8 Å². The van der Waals surface area contributed by atoms with Gasteiger partial charge in [-0.2, -0.15) is 5.10 Å². The molecule has 5 aromatic rings. The lowest BCUT2D eigenvalue weighted by Crippen LogP contribution is -2.25.